The van der Waals surface area contributed by atoms with Gasteiger partial charge in [0.2, 0.25) is 6.08 Å². The first-order valence-electron chi connectivity index (χ1n) is 11.0. The molecule has 5 nitrogen and oxygen atoms in total. The number of pyridine rings is 1. The third kappa shape index (κ3) is 5.62. The van der Waals surface area contributed by atoms with Crippen LogP contribution < -0.4 is 10.3 Å². The third-order valence-electron chi connectivity index (χ3n) is 5.66. The van der Waals surface area contributed by atoms with E-state index in [4.69, 9.17) is 4.74 Å². The smallest absolute Gasteiger partial charge is 0.416 e. The first kappa shape index (κ1) is 24.7. The van der Waals surface area contributed by atoms with Crippen molar-refractivity contribution in [2.24, 2.45) is 4.99 Å². The monoisotopic (exact) mass is 490 g/mol. The normalized spacial score (nSPS) is 11.1. The highest BCUT2D eigenvalue weighted by Gasteiger charge is 2.32. The summed E-state index contributed by atoms with van der Waals surface area (Å²) in [6.07, 6.45) is -3.20. The molecule has 0 aliphatic carbocycles. The van der Waals surface area contributed by atoms with Gasteiger partial charge in [-0.05, 0) is 73.0 Å². The number of hydrogen-bond acceptors (Lipinski definition) is 4. The van der Waals surface area contributed by atoms with Gasteiger partial charge in [-0.25, -0.2) is 4.79 Å². The van der Waals surface area contributed by atoms with Crippen molar-refractivity contribution in [3.8, 4) is 22.8 Å². The summed E-state index contributed by atoms with van der Waals surface area (Å²) in [7, 11) is 0. The van der Waals surface area contributed by atoms with E-state index < -0.39 is 17.3 Å². The molecule has 3 aromatic carbocycles. The first-order chi connectivity index (χ1) is 17.1. The number of nitrogens with zero attached hydrogens (tertiary/aromatic N) is 2. The Balaban J connectivity index is 1.73. The highest BCUT2D eigenvalue weighted by Crippen LogP contribution is 2.33. The van der Waals surface area contributed by atoms with E-state index in [1.165, 1.54) is 10.6 Å². The summed E-state index contributed by atoms with van der Waals surface area (Å²) in [6, 6.07) is 20.2. The summed E-state index contributed by atoms with van der Waals surface area (Å²) in [5, 5.41) is 0. The molecule has 0 aliphatic rings. The number of aryl methyl sites for hydroxylation is 2. The molecule has 0 saturated heterocycles. The molecule has 8 heteroatoms. The van der Waals surface area contributed by atoms with E-state index in [2.05, 4.69) is 4.99 Å². The van der Waals surface area contributed by atoms with Crippen LogP contribution in [-0.4, -0.2) is 10.6 Å². The molecule has 0 radical (unpaired) electrons. The number of benzene rings is 3. The van der Waals surface area contributed by atoms with E-state index >= 15 is 0 Å². The maximum atomic E-state index is 13.5. The lowest BCUT2D eigenvalue weighted by molar-refractivity contribution is -0.137. The van der Waals surface area contributed by atoms with Crippen molar-refractivity contribution < 1.29 is 22.7 Å². The zero-order chi connectivity index (χ0) is 25.9. The Kier molecular flexibility index (Phi) is 6.90. The Labute approximate surface area is 205 Å². The van der Waals surface area contributed by atoms with E-state index in [0.717, 1.165) is 22.8 Å². The third-order valence-corrected chi connectivity index (χ3v) is 5.66. The number of isocyanates is 1. The molecule has 0 spiro atoms. The van der Waals surface area contributed by atoms with Crippen LogP contribution in [0, 0.1) is 13.8 Å². The molecule has 0 amide bonds. The van der Waals surface area contributed by atoms with Gasteiger partial charge in [0.1, 0.15) is 11.5 Å². The number of carbonyl (C=O) groups excluding carboxylic acids is 1. The van der Waals surface area contributed by atoms with Crippen LogP contribution in [0.2, 0.25) is 0 Å². The van der Waals surface area contributed by atoms with Crippen molar-refractivity contribution in [2.45, 2.75) is 26.6 Å². The molecule has 0 atom stereocenters. The predicted molar refractivity (Wildman–Crippen MR) is 130 cm³/mol. The minimum absolute atomic E-state index is 0.126. The van der Waals surface area contributed by atoms with Gasteiger partial charge in [0.25, 0.3) is 5.56 Å². The summed E-state index contributed by atoms with van der Waals surface area (Å²) in [5.74, 6) is 0.839. The van der Waals surface area contributed by atoms with Gasteiger partial charge in [0, 0.05) is 12.1 Å². The Hall–Kier alpha value is -4.42. The summed E-state index contributed by atoms with van der Waals surface area (Å²) in [6.45, 7) is 3.97. The average molecular weight is 490 g/mol. The maximum absolute atomic E-state index is 13.5. The number of alkyl halides is 3. The van der Waals surface area contributed by atoms with Crippen molar-refractivity contribution in [1.29, 1.82) is 0 Å². The topological polar surface area (TPSA) is 60.7 Å². The van der Waals surface area contributed by atoms with Crippen LogP contribution in [0.25, 0.3) is 11.3 Å². The van der Waals surface area contributed by atoms with Crippen molar-refractivity contribution >= 4 is 11.8 Å². The molecule has 1 heterocycles. The van der Waals surface area contributed by atoms with Crippen molar-refractivity contribution in [3.63, 3.8) is 0 Å². The molecule has 0 fully saturated rings. The molecule has 182 valence electrons. The molecule has 4 rings (SSSR count). The molecule has 1 aromatic heterocycles. The largest absolute Gasteiger partial charge is 0.457 e. The average Bonchev–Trinajstić information content (AvgIpc) is 2.82. The van der Waals surface area contributed by atoms with Crippen LogP contribution >= 0.6 is 0 Å². The van der Waals surface area contributed by atoms with Crippen LogP contribution in [-0.2, 0) is 17.5 Å². The fraction of sp³-hybridized carbons (Fsp3) is 0.143. The van der Waals surface area contributed by atoms with Crippen LogP contribution in [0.4, 0.5) is 18.9 Å². The van der Waals surface area contributed by atoms with Gasteiger partial charge in [-0.2, -0.15) is 18.2 Å². The summed E-state index contributed by atoms with van der Waals surface area (Å²) >= 11 is 0. The number of aromatic nitrogens is 1. The number of hydrogen-bond donors (Lipinski definition) is 0. The predicted octanol–water partition coefficient (Wildman–Crippen LogP) is 6.96. The number of rotatable bonds is 6. The fourth-order valence-corrected chi connectivity index (χ4v) is 3.86. The lowest BCUT2D eigenvalue weighted by Gasteiger charge is -2.18. The lowest BCUT2D eigenvalue weighted by Crippen LogP contribution is -2.24. The van der Waals surface area contributed by atoms with Gasteiger partial charge in [0.15, 0.2) is 0 Å². The Bertz CT molecular complexity index is 1520. The van der Waals surface area contributed by atoms with Gasteiger partial charge in [-0.15, -0.1) is 0 Å². The van der Waals surface area contributed by atoms with E-state index in [9.17, 15) is 22.8 Å². The van der Waals surface area contributed by atoms with Gasteiger partial charge in [-0.1, -0.05) is 29.8 Å². The van der Waals surface area contributed by atoms with E-state index in [1.807, 2.05) is 32.0 Å². The fourth-order valence-electron chi connectivity index (χ4n) is 3.86. The lowest BCUT2D eigenvalue weighted by atomic mass is 10.0. The SMILES string of the molecule is Cc1ccc(Cn2c(-c3ccc(Oc4cccc(N=C=O)c4)cc3)cc(C(F)(F)F)cc2=O)c(C)c1. The zero-order valence-corrected chi connectivity index (χ0v) is 19.5. The number of halogens is 3. The summed E-state index contributed by atoms with van der Waals surface area (Å²) in [5.41, 5.74) is 2.02. The second-order valence-electron chi connectivity index (χ2n) is 8.31. The van der Waals surface area contributed by atoms with E-state index in [0.29, 0.717) is 28.8 Å². The molecule has 0 saturated carbocycles. The molecule has 0 N–H and O–H groups in total. The van der Waals surface area contributed by atoms with Crippen LogP contribution in [0.15, 0.2) is 88.6 Å². The van der Waals surface area contributed by atoms with E-state index in [-0.39, 0.29) is 12.2 Å². The number of aliphatic imine (C=N–C) groups is 1. The van der Waals surface area contributed by atoms with Crippen molar-refractivity contribution in [1.82, 2.24) is 4.57 Å². The van der Waals surface area contributed by atoms with Gasteiger partial charge < -0.3 is 9.30 Å². The minimum Gasteiger partial charge on any atom is -0.457 e. The molecule has 4 aromatic rings. The Morgan fingerprint density at radius 2 is 1.67 bits per heavy atom. The summed E-state index contributed by atoms with van der Waals surface area (Å²) in [4.78, 5) is 26.9. The van der Waals surface area contributed by atoms with Gasteiger partial charge in [-0.3, -0.25) is 4.79 Å². The Morgan fingerprint density at radius 3 is 2.33 bits per heavy atom. The van der Waals surface area contributed by atoms with Crippen LogP contribution in [0.3, 0.4) is 0 Å². The quantitative estimate of drug-likeness (QED) is 0.217. The second-order valence-corrected chi connectivity index (χ2v) is 8.31. The minimum atomic E-state index is -4.66. The van der Waals surface area contributed by atoms with Crippen LogP contribution in [0.5, 0.6) is 11.5 Å². The Morgan fingerprint density at radius 1 is 0.917 bits per heavy atom. The molecular formula is C28H21F3N2O3. The van der Waals surface area contributed by atoms with Crippen molar-refractivity contribution in [3.05, 3.63) is 111 Å². The molecule has 36 heavy (non-hydrogen) atoms. The second kappa shape index (κ2) is 10.1. The molecule has 0 bridgehead atoms. The first-order valence-corrected chi connectivity index (χ1v) is 11.0. The van der Waals surface area contributed by atoms with Gasteiger partial charge >= 0.3 is 6.18 Å². The molecule has 0 aliphatic heterocycles. The maximum Gasteiger partial charge on any atom is 0.416 e. The standard InChI is InChI=1S/C28H21F3N2O3/c1-18-6-7-21(19(2)12-18)16-33-26(13-22(14-27(33)35)28(29,30)31)20-8-10-24(11-9-20)36-25-5-3-4-23(15-25)32-17-34/h3-15H,16H2,1-2H3. The van der Waals surface area contributed by atoms with Gasteiger partial charge in [0.05, 0.1) is 23.5 Å². The van der Waals surface area contributed by atoms with Crippen LogP contribution in [0.1, 0.15) is 22.3 Å². The zero-order valence-electron chi connectivity index (χ0n) is 19.5. The highest BCUT2D eigenvalue weighted by molar-refractivity contribution is 5.62. The molecule has 0 unspecified atom stereocenters. The van der Waals surface area contributed by atoms with Crippen molar-refractivity contribution in [2.75, 3.05) is 0 Å². The highest BCUT2D eigenvalue weighted by atomic mass is 19.4. The number of ether oxygens (including phenoxy) is 1. The molecular weight excluding hydrogens is 469 g/mol. The van der Waals surface area contributed by atoms with E-state index in [1.54, 1.807) is 48.5 Å². The summed E-state index contributed by atoms with van der Waals surface area (Å²) < 4.78 is 47.7.